The third-order valence-electron chi connectivity index (χ3n) is 4.05. The molecule has 1 unspecified atom stereocenters. The van der Waals surface area contributed by atoms with Crippen molar-refractivity contribution in [2.45, 2.75) is 25.9 Å². The fourth-order valence-electron chi connectivity index (χ4n) is 2.89. The van der Waals surface area contributed by atoms with Crippen LogP contribution in [0.3, 0.4) is 0 Å². The van der Waals surface area contributed by atoms with E-state index in [1.807, 2.05) is 22.9 Å². The Kier molecular flexibility index (Phi) is 4.57. The van der Waals surface area contributed by atoms with Gasteiger partial charge in [0.15, 0.2) is 5.82 Å². The van der Waals surface area contributed by atoms with Crippen molar-refractivity contribution in [3.8, 4) is 0 Å². The minimum atomic E-state index is 0.282. The Hall–Kier alpha value is -1.79. The van der Waals surface area contributed by atoms with Crippen LogP contribution in [0.2, 0.25) is 0 Å². The van der Waals surface area contributed by atoms with Crippen LogP contribution < -0.4 is 0 Å². The maximum atomic E-state index is 9.02. The Morgan fingerprint density at radius 2 is 2.05 bits per heavy atom. The van der Waals surface area contributed by atoms with Crippen molar-refractivity contribution < 1.29 is 5.11 Å². The summed E-state index contributed by atoms with van der Waals surface area (Å²) in [6.07, 6.45) is 2.05. The van der Waals surface area contributed by atoms with Gasteiger partial charge in [0.25, 0.3) is 0 Å². The first-order chi connectivity index (χ1) is 10.3. The maximum Gasteiger partial charge on any atom is 0.165 e. The first-order valence-corrected chi connectivity index (χ1v) is 7.47. The molecule has 1 aromatic carbocycles. The molecule has 0 radical (unpaired) electrons. The van der Waals surface area contributed by atoms with Gasteiger partial charge < -0.3 is 5.11 Å². The maximum absolute atomic E-state index is 9.02. The molecule has 2 aromatic rings. The van der Waals surface area contributed by atoms with Crippen molar-refractivity contribution in [2.24, 2.45) is 5.92 Å². The summed E-state index contributed by atoms with van der Waals surface area (Å²) in [6, 6.07) is 10.2. The molecule has 1 aromatic heterocycles. The van der Waals surface area contributed by atoms with E-state index in [0.29, 0.717) is 12.5 Å². The van der Waals surface area contributed by atoms with Crippen molar-refractivity contribution in [2.75, 3.05) is 19.7 Å². The zero-order chi connectivity index (χ0) is 14.5. The summed E-state index contributed by atoms with van der Waals surface area (Å²) in [4.78, 5) is 2.37. The van der Waals surface area contributed by atoms with Crippen molar-refractivity contribution in [1.82, 2.24) is 25.1 Å². The molecule has 1 aliphatic rings. The number of hydrogen-bond acceptors (Lipinski definition) is 5. The number of aliphatic hydroxyl groups excluding tert-OH is 1. The van der Waals surface area contributed by atoms with Crippen LogP contribution in [0.1, 0.15) is 24.2 Å². The predicted octanol–water partition coefficient (Wildman–Crippen LogP) is 0.926. The molecule has 0 spiro atoms. The molecule has 0 saturated carbocycles. The number of tetrazole rings is 1. The largest absolute Gasteiger partial charge is 0.396 e. The Bertz CT molecular complexity index is 556. The van der Waals surface area contributed by atoms with Gasteiger partial charge in [-0.25, -0.2) is 4.68 Å². The van der Waals surface area contributed by atoms with E-state index >= 15 is 0 Å². The third kappa shape index (κ3) is 3.65. The van der Waals surface area contributed by atoms with Gasteiger partial charge in [-0.3, -0.25) is 4.90 Å². The van der Waals surface area contributed by atoms with E-state index in [1.165, 1.54) is 5.56 Å². The smallest absolute Gasteiger partial charge is 0.165 e. The average Bonchev–Trinajstić information content (AvgIpc) is 3.11. The highest BCUT2D eigenvalue weighted by Gasteiger charge is 2.23. The molecule has 6 heteroatoms. The molecule has 1 fully saturated rings. The molecule has 1 atom stereocenters. The van der Waals surface area contributed by atoms with Crippen molar-refractivity contribution in [3.05, 3.63) is 41.7 Å². The van der Waals surface area contributed by atoms with Crippen molar-refractivity contribution in [3.63, 3.8) is 0 Å². The number of likely N-dealkylation sites (tertiary alicyclic amines) is 1. The van der Waals surface area contributed by atoms with Crippen LogP contribution in [0.5, 0.6) is 0 Å². The number of nitrogens with zero attached hydrogens (tertiary/aromatic N) is 5. The molecular weight excluding hydrogens is 266 g/mol. The normalized spacial score (nSPS) is 19.2. The summed E-state index contributed by atoms with van der Waals surface area (Å²) in [6.45, 7) is 3.85. The highest BCUT2D eigenvalue weighted by atomic mass is 16.3. The first-order valence-electron chi connectivity index (χ1n) is 7.47. The van der Waals surface area contributed by atoms with Crippen LogP contribution in [0.15, 0.2) is 30.3 Å². The summed E-state index contributed by atoms with van der Waals surface area (Å²) < 4.78 is 1.87. The molecule has 6 nitrogen and oxygen atoms in total. The second-order valence-corrected chi connectivity index (χ2v) is 5.64. The number of aliphatic hydroxyl groups is 1. The van der Waals surface area contributed by atoms with Gasteiger partial charge in [-0.15, -0.1) is 5.10 Å². The fraction of sp³-hybridized carbons (Fsp3) is 0.533. The monoisotopic (exact) mass is 287 g/mol. The van der Waals surface area contributed by atoms with Crippen LogP contribution in [0.25, 0.3) is 0 Å². The average molecular weight is 287 g/mol. The molecule has 21 heavy (non-hydrogen) atoms. The number of aromatic nitrogens is 4. The van der Waals surface area contributed by atoms with Crippen molar-refractivity contribution >= 4 is 0 Å². The molecule has 1 aliphatic heterocycles. The van der Waals surface area contributed by atoms with E-state index in [0.717, 1.165) is 38.3 Å². The Morgan fingerprint density at radius 1 is 1.19 bits per heavy atom. The van der Waals surface area contributed by atoms with Crippen molar-refractivity contribution in [1.29, 1.82) is 0 Å². The molecule has 1 N–H and O–H groups in total. The fourth-order valence-corrected chi connectivity index (χ4v) is 2.89. The SMILES string of the molecule is OCCC1CCN(Cc2nnnn2Cc2ccccc2)C1. The molecule has 112 valence electrons. The Labute approximate surface area is 124 Å². The zero-order valence-electron chi connectivity index (χ0n) is 12.1. The molecule has 2 heterocycles. The first kappa shape index (κ1) is 14.2. The minimum Gasteiger partial charge on any atom is -0.396 e. The summed E-state index contributed by atoms with van der Waals surface area (Å²) in [5.41, 5.74) is 1.20. The molecule has 0 amide bonds. The number of rotatable bonds is 6. The lowest BCUT2D eigenvalue weighted by Gasteiger charge is -2.15. The highest BCUT2D eigenvalue weighted by Crippen LogP contribution is 2.20. The number of benzene rings is 1. The zero-order valence-corrected chi connectivity index (χ0v) is 12.1. The van der Waals surface area contributed by atoms with Crippen LogP contribution in [-0.2, 0) is 13.1 Å². The highest BCUT2D eigenvalue weighted by molar-refractivity contribution is 5.14. The van der Waals surface area contributed by atoms with Gasteiger partial charge in [-0.1, -0.05) is 30.3 Å². The summed E-state index contributed by atoms with van der Waals surface area (Å²) in [5, 5.41) is 21.1. The Morgan fingerprint density at radius 3 is 2.86 bits per heavy atom. The molecule has 0 bridgehead atoms. The van der Waals surface area contributed by atoms with Gasteiger partial charge in [-0.05, 0) is 41.3 Å². The van der Waals surface area contributed by atoms with Gasteiger partial charge in [-0.2, -0.15) is 0 Å². The van der Waals surface area contributed by atoms with Crippen LogP contribution >= 0.6 is 0 Å². The summed E-state index contributed by atoms with van der Waals surface area (Å²) >= 11 is 0. The molecule has 1 saturated heterocycles. The van der Waals surface area contributed by atoms with Gasteiger partial charge in [0.2, 0.25) is 0 Å². The summed E-state index contributed by atoms with van der Waals surface area (Å²) in [5.74, 6) is 1.51. The lowest BCUT2D eigenvalue weighted by molar-refractivity contribution is 0.247. The van der Waals surface area contributed by atoms with E-state index in [9.17, 15) is 0 Å². The minimum absolute atomic E-state index is 0.282. The van der Waals surface area contributed by atoms with E-state index in [1.54, 1.807) is 0 Å². The van der Waals surface area contributed by atoms with E-state index in [-0.39, 0.29) is 6.61 Å². The lowest BCUT2D eigenvalue weighted by Crippen LogP contribution is -2.23. The van der Waals surface area contributed by atoms with Gasteiger partial charge in [0.05, 0.1) is 13.1 Å². The predicted molar refractivity (Wildman–Crippen MR) is 78.4 cm³/mol. The third-order valence-corrected chi connectivity index (χ3v) is 4.05. The molecular formula is C15H21N5O. The van der Waals surface area contributed by atoms with Gasteiger partial charge in [0.1, 0.15) is 0 Å². The van der Waals surface area contributed by atoms with Crippen LogP contribution in [-0.4, -0.2) is 49.9 Å². The van der Waals surface area contributed by atoms with E-state index < -0.39 is 0 Å². The van der Waals surface area contributed by atoms with E-state index in [4.69, 9.17) is 5.11 Å². The van der Waals surface area contributed by atoms with E-state index in [2.05, 4.69) is 32.6 Å². The van der Waals surface area contributed by atoms with Crippen LogP contribution in [0, 0.1) is 5.92 Å². The topological polar surface area (TPSA) is 67.1 Å². The quantitative estimate of drug-likeness (QED) is 0.856. The second kappa shape index (κ2) is 6.78. The van der Waals surface area contributed by atoms with Gasteiger partial charge >= 0.3 is 0 Å². The molecule has 0 aliphatic carbocycles. The van der Waals surface area contributed by atoms with Crippen LogP contribution in [0.4, 0.5) is 0 Å². The summed E-state index contributed by atoms with van der Waals surface area (Å²) in [7, 11) is 0. The van der Waals surface area contributed by atoms with Gasteiger partial charge in [0, 0.05) is 13.2 Å². The second-order valence-electron chi connectivity index (χ2n) is 5.64. The Balaban J connectivity index is 1.61. The molecule has 3 rings (SSSR count). The standard InChI is InChI=1S/C15H21N5O/c21-9-7-14-6-8-19(10-14)12-15-16-17-18-20(15)11-13-4-2-1-3-5-13/h1-5,14,21H,6-12H2. The number of hydrogen-bond donors (Lipinski definition) is 1. The lowest BCUT2D eigenvalue weighted by atomic mass is 10.1.